The standard InChI is InChI=1S/C21H20N2O4/c1-13-7-6-8-16(11-13)20(24)22-19-10-5-4-9-17(19)21(25)26-12-18-14(2)23-27-15(18)3/h4-11H,12H2,1-3H3,(H,22,24). The molecule has 2 aromatic carbocycles. The van der Waals surface area contributed by atoms with Gasteiger partial charge < -0.3 is 14.6 Å². The second kappa shape index (κ2) is 7.86. The van der Waals surface area contributed by atoms with Crippen LogP contribution in [0.2, 0.25) is 0 Å². The van der Waals surface area contributed by atoms with Crippen molar-refractivity contribution in [3.8, 4) is 0 Å². The Balaban J connectivity index is 1.75. The van der Waals surface area contributed by atoms with Gasteiger partial charge in [0.25, 0.3) is 5.91 Å². The largest absolute Gasteiger partial charge is 0.457 e. The Morgan fingerprint density at radius 1 is 1.07 bits per heavy atom. The molecule has 6 heteroatoms. The average molecular weight is 364 g/mol. The highest BCUT2D eigenvalue weighted by Gasteiger charge is 2.17. The minimum Gasteiger partial charge on any atom is -0.457 e. The van der Waals surface area contributed by atoms with Gasteiger partial charge in [0.05, 0.1) is 22.5 Å². The topological polar surface area (TPSA) is 81.4 Å². The number of esters is 1. The van der Waals surface area contributed by atoms with Crippen LogP contribution in [-0.2, 0) is 11.3 Å². The van der Waals surface area contributed by atoms with E-state index in [0.717, 1.165) is 11.1 Å². The smallest absolute Gasteiger partial charge is 0.340 e. The van der Waals surface area contributed by atoms with Crippen LogP contribution in [0.4, 0.5) is 5.69 Å². The van der Waals surface area contributed by atoms with Crippen molar-refractivity contribution >= 4 is 17.6 Å². The summed E-state index contributed by atoms with van der Waals surface area (Å²) >= 11 is 0. The molecule has 0 spiro atoms. The van der Waals surface area contributed by atoms with Crippen LogP contribution in [-0.4, -0.2) is 17.0 Å². The lowest BCUT2D eigenvalue weighted by molar-refractivity contribution is 0.0472. The van der Waals surface area contributed by atoms with E-state index in [1.165, 1.54) is 0 Å². The first kappa shape index (κ1) is 18.4. The first-order valence-electron chi connectivity index (χ1n) is 8.51. The lowest BCUT2D eigenvalue weighted by Gasteiger charge is -2.11. The molecule has 0 atom stereocenters. The number of para-hydroxylation sites is 1. The van der Waals surface area contributed by atoms with E-state index in [0.29, 0.717) is 22.7 Å². The maximum atomic E-state index is 12.5. The quantitative estimate of drug-likeness (QED) is 0.686. The van der Waals surface area contributed by atoms with Gasteiger partial charge in [0.15, 0.2) is 0 Å². The van der Waals surface area contributed by atoms with Crippen molar-refractivity contribution in [3.05, 3.63) is 82.2 Å². The zero-order valence-corrected chi connectivity index (χ0v) is 15.4. The normalized spacial score (nSPS) is 10.5. The number of carbonyl (C=O) groups excluding carboxylic acids is 2. The second-order valence-corrected chi connectivity index (χ2v) is 6.25. The van der Waals surface area contributed by atoms with Crippen molar-refractivity contribution < 1.29 is 18.8 Å². The highest BCUT2D eigenvalue weighted by Crippen LogP contribution is 2.20. The summed E-state index contributed by atoms with van der Waals surface area (Å²) < 4.78 is 10.5. The fraction of sp³-hybridized carbons (Fsp3) is 0.190. The molecule has 0 unspecified atom stereocenters. The number of nitrogens with one attached hydrogen (secondary N) is 1. The highest BCUT2D eigenvalue weighted by molar-refractivity contribution is 6.08. The van der Waals surface area contributed by atoms with Gasteiger partial charge in [0, 0.05) is 5.56 Å². The van der Waals surface area contributed by atoms with E-state index in [9.17, 15) is 9.59 Å². The van der Waals surface area contributed by atoms with Gasteiger partial charge >= 0.3 is 5.97 Å². The van der Waals surface area contributed by atoms with Crippen LogP contribution in [0.25, 0.3) is 0 Å². The Bertz CT molecular complexity index is 972. The monoisotopic (exact) mass is 364 g/mol. The molecule has 0 fully saturated rings. The van der Waals surface area contributed by atoms with Crippen LogP contribution >= 0.6 is 0 Å². The summed E-state index contributed by atoms with van der Waals surface area (Å²) in [7, 11) is 0. The van der Waals surface area contributed by atoms with E-state index in [2.05, 4.69) is 10.5 Å². The maximum absolute atomic E-state index is 12.5. The predicted molar refractivity (Wildman–Crippen MR) is 101 cm³/mol. The Hall–Kier alpha value is -3.41. The van der Waals surface area contributed by atoms with Crippen LogP contribution in [0.15, 0.2) is 53.1 Å². The summed E-state index contributed by atoms with van der Waals surface area (Å²) in [4.78, 5) is 25.0. The second-order valence-electron chi connectivity index (χ2n) is 6.25. The van der Waals surface area contributed by atoms with Crippen molar-refractivity contribution in [2.45, 2.75) is 27.4 Å². The summed E-state index contributed by atoms with van der Waals surface area (Å²) in [6, 6.07) is 14.0. The molecule has 0 aliphatic heterocycles. The molecular weight excluding hydrogens is 344 g/mol. The molecule has 1 N–H and O–H groups in total. The number of hydrogen-bond donors (Lipinski definition) is 1. The first-order chi connectivity index (χ1) is 13.0. The van der Waals surface area contributed by atoms with E-state index in [1.54, 1.807) is 50.2 Å². The van der Waals surface area contributed by atoms with Gasteiger partial charge in [-0.1, -0.05) is 35.0 Å². The van der Waals surface area contributed by atoms with Crippen LogP contribution in [0, 0.1) is 20.8 Å². The van der Waals surface area contributed by atoms with Gasteiger partial charge in [-0.15, -0.1) is 0 Å². The van der Waals surface area contributed by atoms with E-state index >= 15 is 0 Å². The van der Waals surface area contributed by atoms with Crippen LogP contribution in [0.3, 0.4) is 0 Å². The van der Waals surface area contributed by atoms with E-state index in [4.69, 9.17) is 9.26 Å². The molecular formula is C21H20N2O4. The molecule has 3 aromatic rings. The lowest BCUT2D eigenvalue weighted by Crippen LogP contribution is -2.16. The average Bonchev–Trinajstić information content (AvgIpc) is 2.98. The number of carbonyl (C=O) groups is 2. The number of amides is 1. The number of aromatic nitrogens is 1. The number of anilines is 1. The first-order valence-corrected chi connectivity index (χ1v) is 8.51. The molecule has 0 saturated carbocycles. The van der Waals surface area contributed by atoms with Gasteiger partial charge in [-0.25, -0.2) is 4.79 Å². The third-order valence-corrected chi connectivity index (χ3v) is 4.20. The number of rotatable bonds is 5. The van der Waals surface area contributed by atoms with Crippen molar-refractivity contribution in [1.29, 1.82) is 0 Å². The van der Waals surface area contributed by atoms with Crippen molar-refractivity contribution in [1.82, 2.24) is 5.16 Å². The fourth-order valence-electron chi connectivity index (χ4n) is 2.67. The fourth-order valence-corrected chi connectivity index (χ4v) is 2.67. The van der Waals surface area contributed by atoms with Crippen LogP contribution in [0.1, 0.15) is 43.3 Å². The number of ether oxygens (including phenoxy) is 1. The third kappa shape index (κ3) is 4.23. The molecule has 138 valence electrons. The molecule has 0 radical (unpaired) electrons. The summed E-state index contributed by atoms with van der Waals surface area (Å²) in [5, 5.41) is 6.62. The molecule has 0 aliphatic rings. The zero-order chi connectivity index (χ0) is 19.4. The molecule has 1 aromatic heterocycles. The van der Waals surface area contributed by atoms with Crippen molar-refractivity contribution in [2.75, 3.05) is 5.32 Å². The lowest BCUT2D eigenvalue weighted by atomic mass is 10.1. The summed E-state index contributed by atoms with van der Waals surface area (Å²) in [5.74, 6) is -0.207. The zero-order valence-electron chi connectivity index (χ0n) is 15.4. The number of benzene rings is 2. The van der Waals surface area contributed by atoms with Crippen LogP contribution in [0.5, 0.6) is 0 Å². The molecule has 6 nitrogen and oxygen atoms in total. The molecule has 0 aliphatic carbocycles. The Labute approximate surface area is 157 Å². The minimum absolute atomic E-state index is 0.0557. The van der Waals surface area contributed by atoms with Gasteiger partial charge in [-0.2, -0.15) is 0 Å². The summed E-state index contributed by atoms with van der Waals surface area (Å²) in [5.41, 5.74) is 3.60. The Morgan fingerprint density at radius 3 is 2.56 bits per heavy atom. The van der Waals surface area contributed by atoms with Gasteiger partial charge in [0.2, 0.25) is 0 Å². The maximum Gasteiger partial charge on any atom is 0.340 e. The molecule has 0 bridgehead atoms. The minimum atomic E-state index is -0.532. The number of nitrogens with zero attached hydrogens (tertiary/aromatic N) is 1. The molecule has 0 saturated heterocycles. The van der Waals surface area contributed by atoms with E-state index in [-0.39, 0.29) is 18.1 Å². The molecule has 1 amide bonds. The summed E-state index contributed by atoms with van der Waals surface area (Å²) in [6.45, 7) is 5.52. The third-order valence-electron chi connectivity index (χ3n) is 4.20. The Morgan fingerprint density at radius 2 is 1.85 bits per heavy atom. The predicted octanol–water partition coefficient (Wildman–Crippen LogP) is 4.21. The van der Waals surface area contributed by atoms with Gasteiger partial charge in [0.1, 0.15) is 12.4 Å². The number of aryl methyl sites for hydroxylation is 3. The molecule has 1 heterocycles. The van der Waals surface area contributed by atoms with Crippen molar-refractivity contribution in [3.63, 3.8) is 0 Å². The van der Waals surface area contributed by atoms with Gasteiger partial charge in [-0.05, 0) is 45.0 Å². The van der Waals surface area contributed by atoms with Gasteiger partial charge in [-0.3, -0.25) is 4.79 Å². The van der Waals surface area contributed by atoms with E-state index < -0.39 is 5.97 Å². The van der Waals surface area contributed by atoms with E-state index in [1.807, 2.05) is 19.1 Å². The Kier molecular flexibility index (Phi) is 5.35. The summed E-state index contributed by atoms with van der Waals surface area (Å²) in [6.07, 6.45) is 0. The SMILES string of the molecule is Cc1cccc(C(=O)Nc2ccccc2C(=O)OCc2c(C)noc2C)c1. The van der Waals surface area contributed by atoms with Crippen molar-refractivity contribution in [2.24, 2.45) is 0 Å². The molecule has 27 heavy (non-hydrogen) atoms. The van der Waals surface area contributed by atoms with Crippen LogP contribution < -0.4 is 5.32 Å². The highest BCUT2D eigenvalue weighted by atomic mass is 16.5. The number of hydrogen-bond acceptors (Lipinski definition) is 5. The molecule has 3 rings (SSSR count).